The second-order valence-corrected chi connectivity index (χ2v) is 5.59. The largest absolute Gasteiger partial charge is 0.396 e. The van der Waals surface area contributed by atoms with E-state index < -0.39 is 4.92 Å². The lowest BCUT2D eigenvalue weighted by Crippen LogP contribution is -2.37. The van der Waals surface area contributed by atoms with E-state index >= 15 is 0 Å². The van der Waals surface area contributed by atoms with Crippen LogP contribution in [0.3, 0.4) is 0 Å². The summed E-state index contributed by atoms with van der Waals surface area (Å²) < 4.78 is 0.667. The standard InChI is InChI=1S/C12H16BrN3O3/c1-8-10(16(18)19)5-14-12(11(8)13)15-4-2-3-9(6-15)7-17/h5,9,17H,2-4,6-7H2,1H3. The predicted octanol–water partition coefficient (Wildman–Crippen LogP) is 2.27. The van der Waals surface area contributed by atoms with E-state index in [9.17, 15) is 15.2 Å². The van der Waals surface area contributed by atoms with Gasteiger partial charge in [0.05, 0.1) is 9.40 Å². The number of halogens is 1. The molecule has 1 fully saturated rings. The fourth-order valence-corrected chi connectivity index (χ4v) is 2.92. The number of pyridine rings is 1. The number of rotatable bonds is 3. The molecule has 104 valence electrons. The molecule has 0 aromatic carbocycles. The Bertz CT molecular complexity index is 495. The lowest BCUT2D eigenvalue weighted by atomic mass is 9.99. The van der Waals surface area contributed by atoms with Gasteiger partial charge >= 0.3 is 0 Å². The van der Waals surface area contributed by atoms with Crippen molar-refractivity contribution in [1.82, 2.24) is 4.98 Å². The van der Waals surface area contributed by atoms with Crippen LogP contribution in [0.4, 0.5) is 11.5 Å². The summed E-state index contributed by atoms with van der Waals surface area (Å²) in [5, 5.41) is 20.1. The molecule has 2 rings (SSSR count). The molecular weight excluding hydrogens is 314 g/mol. The zero-order chi connectivity index (χ0) is 14.0. The lowest BCUT2D eigenvalue weighted by Gasteiger charge is -2.33. The normalized spacial score (nSPS) is 19.5. The Labute approximate surface area is 119 Å². The van der Waals surface area contributed by atoms with E-state index in [1.54, 1.807) is 6.92 Å². The Balaban J connectivity index is 2.30. The number of aromatic nitrogens is 1. The Hall–Kier alpha value is -1.21. The number of piperidine rings is 1. The molecule has 0 aliphatic carbocycles. The van der Waals surface area contributed by atoms with Crippen molar-refractivity contribution >= 4 is 27.4 Å². The Morgan fingerprint density at radius 3 is 3.05 bits per heavy atom. The monoisotopic (exact) mass is 329 g/mol. The summed E-state index contributed by atoms with van der Waals surface area (Å²) in [7, 11) is 0. The molecule has 0 bridgehead atoms. The van der Waals surface area contributed by atoms with Crippen LogP contribution >= 0.6 is 15.9 Å². The molecule has 1 aromatic heterocycles. The minimum Gasteiger partial charge on any atom is -0.396 e. The average Bonchev–Trinajstić information content (AvgIpc) is 2.41. The first-order valence-electron chi connectivity index (χ1n) is 6.20. The smallest absolute Gasteiger partial charge is 0.291 e. The second-order valence-electron chi connectivity index (χ2n) is 4.80. The second kappa shape index (κ2) is 5.83. The van der Waals surface area contributed by atoms with E-state index in [1.807, 2.05) is 0 Å². The molecule has 0 spiro atoms. The van der Waals surface area contributed by atoms with E-state index in [-0.39, 0.29) is 18.2 Å². The molecular formula is C12H16BrN3O3. The van der Waals surface area contributed by atoms with Crippen LogP contribution in [0.25, 0.3) is 0 Å². The summed E-state index contributed by atoms with van der Waals surface area (Å²) in [5.74, 6) is 0.971. The van der Waals surface area contributed by atoms with Gasteiger partial charge in [-0.1, -0.05) is 0 Å². The summed E-state index contributed by atoms with van der Waals surface area (Å²) in [5.41, 5.74) is 0.604. The van der Waals surface area contributed by atoms with Crippen molar-refractivity contribution in [2.75, 3.05) is 24.6 Å². The van der Waals surface area contributed by atoms with Crippen molar-refractivity contribution < 1.29 is 10.0 Å². The van der Waals surface area contributed by atoms with Crippen LogP contribution in [0.15, 0.2) is 10.7 Å². The fraction of sp³-hybridized carbons (Fsp3) is 0.583. The maximum absolute atomic E-state index is 10.9. The summed E-state index contributed by atoms with van der Waals surface area (Å²) in [4.78, 5) is 16.7. The highest BCUT2D eigenvalue weighted by Crippen LogP contribution is 2.34. The SMILES string of the molecule is Cc1c([N+](=O)[O-])cnc(N2CCCC(CO)C2)c1Br. The molecule has 1 aromatic rings. The topological polar surface area (TPSA) is 79.5 Å². The van der Waals surface area contributed by atoms with Gasteiger partial charge in [-0.2, -0.15) is 0 Å². The Kier molecular flexibility index (Phi) is 4.36. The highest BCUT2D eigenvalue weighted by molar-refractivity contribution is 9.10. The van der Waals surface area contributed by atoms with E-state index in [2.05, 4.69) is 25.8 Å². The van der Waals surface area contributed by atoms with E-state index in [4.69, 9.17) is 0 Å². The van der Waals surface area contributed by atoms with Gasteiger partial charge in [0, 0.05) is 25.3 Å². The minimum atomic E-state index is -0.427. The van der Waals surface area contributed by atoms with E-state index in [0.717, 1.165) is 31.7 Å². The number of anilines is 1. The Morgan fingerprint density at radius 1 is 1.68 bits per heavy atom. The van der Waals surface area contributed by atoms with Gasteiger partial charge in [-0.3, -0.25) is 10.1 Å². The molecule has 1 N–H and O–H groups in total. The van der Waals surface area contributed by atoms with Crippen LogP contribution in [-0.2, 0) is 0 Å². The molecule has 2 heterocycles. The van der Waals surface area contributed by atoms with Gasteiger partial charge in [-0.05, 0) is 41.6 Å². The molecule has 19 heavy (non-hydrogen) atoms. The molecule has 1 aliphatic heterocycles. The van der Waals surface area contributed by atoms with Crippen molar-refractivity contribution in [1.29, 1.82) is 0 Å². The van der Waals surface area contributed by atoms with Crippen molar-refractivity contribution in [2.24, 2.45) is 5.92 Å². The third-order valence-corrected chi connectivity index (χ3v) is 4.44. The molecule has 6 nitrogen and oxygen atoms in total. The van der Waals surface area contributed by atoms with Crippen LogP contribution in [0, 0.1) is 23.0 Å². The number of hydrogen-bond acceptors (Lipinski definition) is 5. The molecule has 0 amide bonds. The molecule has 7 heteroatoms. The highest BCUT2D eigenvalue weighted by Gasteiger charge is 2.25. The highest BCUT2D eigenvalue weighted by atomic mass is 79.9. The van der Waals surface area contributed by atoms with Crippen molar-refractivity contribution in [2.45, 2.75) is 19.8 Å². The van der Waals surface area contributed by atoms with Gasteiger partial charge in [0.15, 0.2) is 0 Å². The molecule has 1 unspecified atom stereocenters. The number of hydrogen-bond donors (Lipinski definition) is 1. The minimum absolute atomic E-state index is 0.0198. The summed E-state index contributed by atoms with van der Waals surface area (Å²) in [6.45, 7) is 3.47. The van der Waals surface area contributed by atoms with Crippen molar-refractivity contribution in [3.8, 4) is 0 Å². The van der Waals surface area contributed by atoms with Gasteiger partial charge in [-0.25, -0.2) is 4.98 Å². The third kappa shape index (κ3) is 2.87. The fourth-order valence-electron chi connectivity index (χ4n) is 2.37. The Morgan fingerprint density at radius 2 is 2.42 bits per heavy atom. The predicted molar refractivity (Wildman–Crippen MR) is 75.4 cm³/mol. The molecule has 1 atom stereocenters. The molecule has 1 saturated heterocycles. The number of nitro groups is 1. The maximum Gasteiger partial charge on any atom is 0.291 e. The van der Waals surface area contributed by atoms with Gasteiger partial charge in [-0.15, -0.1) is 0 Å². The van der Waals surface area contributed by atoms with Gasteiger partial charge < -0.3 is 10.0 Å². The van der Waals surface area contributed by atoms with Crippen LogP contribution in [-0.4, -0.2) is 34.7 Å². The zero-order valence-corrected chi connectivity index (χ0v) is 12.3. The molecule has 0 radical (unpaired) electrons. The van der Waals surface area contributed by atoms with Gasteiger partial charge in [0.1, 0.15) is 12.0 Å². The number of nitrogens with zero attached hydrogens (tertiary/aromatic N) is 3. The average molecular weight is 330 g/mol. The summed E-state index contributed by atoms with van der Waals surface area (Å²) in [6.07, 6.45) is 3.31. The lowest BCUT2D eigenvalue weighted by molar-refractivity contribution is -0.385. The van der Waals surface area contributed by atoms with Crippen LogP contribution in [0.2, 0.25) is 0 Å². The van der Waals surface area contributed by atoms with Crippen LogP contribution < -0.4 is 4.90 Å². The first kappa shape index (κ1) is 14.2. The van der Waals surface area contributed by atoms with Crippen LogP contribution in [0.1, 0.15) is 18.4 Å². The molecule has 1 aliphatic rings. The van der Waals surface area contributed by atoms with E-state index in [0.29, 0.717) is 10.0 Å². The number of aliphatic hydroxyl groups excluding tert-OH is 1. The van der Waals surface area contributed by atoms with Crippen LogP contribution in [0.5, 0.6) is 0 Å². The zero-order valence-electron chi connectivity index (χ0n) is 10.7. The maximum atomic E-state index is 10.9. The summed E-state index contributed by atoms with van der Waals surface area (Å²) >= 11 is 3.41. The van der Waals surface area contributed by atoms with Crippen molar-refractivity contribution in [3.05, 3.63) is 26.3 Å². The third-order valence-electron chi connectivity index (χ3n) is 3.49. The number of aliphatic hydroxyl groups is 1. The van der Waals surface area contributed by atoms with Crippen molar-refractivity contribution in [3.63, 3.8) is 0 Å². The van der Waals surface area contributed by atoms with E-state index in [1.165, 1.54) is 6.20 Å². The van der Waals surface area contributed by atoms with Gasteiger partial charge in [0.2, 0.25) is 0 Å². The first-order chi connectivity index (χ1) is 9.04. The van der Waals surface area contributed by atoms with Gasteiger partial charge in [0.25, 0.3) is 5.69 Å². The first-order valence-corrected chi connectivity index (χ1v) is 6.99. The quantitative estimate of drug-likeness (QED) is 0.679. The summed E-state index contributed by atoms with van der Waals surface area (Å²) in [6, 6.07) is 0. The molecule has 0 saturated carbocycles.